The SMILES string of the molecule is Cc1ccc(OCC(=O)Nc2ccc3oc(-c4ccc(C(C)C)cc4)nc3c2)c(C)c1. The fourth-order valence-corrected chi connectivity index (χ4v) is 3.44. The summed E-state index contributed by atoms with van der Waals surface area (Å²) in [5, 5.41) is 2.86. The molecule has 4 rings (SSSR count). The van der Waals surface area contributed by atoms with Gasteiger partial charge in [0, 0.05) is 11.3 Å². The van der Waals surface area contributed by atoms with Crippen molar-refractivity contribution in [1.29, 1.82) is 0 Å². The van der Waals surface area contributed by atoms with Crippen molar-refractivity contribution in [2.24, 2.45) is 0 Å². The van der Waals surface area contributed by atoms with E-state index >= 15 is 0 Å². The summed E-state index contributed by atoms with van der Waals surface area (Å²) in [7, 11) is 0. The van der Waals surface area contributed by atoms with Crippen LogP contribution in [0.3, 0.4) is 0 Å². The number of carbonyl (C=O) groups excluding carboxylic acids is 1. The number of aryl methyl sites for hydroxylation is 2. The second kappa shape index (κ2) is 8.64. The van der Waals surface area contributed by atoms with E-state index in [4.69, 9.17) is 9.15 Å². The van der Waals surface area contributed by atoms with Crippen molar-refractivity contribution in [1.82, 2.24) is 4.98 Å². The first kappa shape index (κ1) is 20.7. The highest BCUT2D eigenvalue weighted by Crippen LogP contribution is 2.27. The van der Waals surface area contributed by atoms with Gasteiger partial charge in [-0.3, -0.25) is 4.79 Å². The van der Waals surface area contributed by atoms with Gasteiger partial charge in [-0.25, -0.2) is 4.98 Å². The topological polar surface area (TPSA) is 64.4 Å². The molecule has 158 valence electrons. The van der Waals surface area contributed by atoms with Crippen LogP contribution in [0.15, 0.2) is 65.1 Å². The predicted molar refractivity (Wildman–Crippen MR) is 124 cm³/mol. The molecule has 0 aliphatic rings. The Balaban J connectivity index is 1.44. The van der Waals surface area contributed by atoms with Crippen LogP contribution in [0.1, 0.15) is 36.5 Å². The molecule has 31 heavy (non-hydrogen) atoms. The zero-order valence-electron chi connectivity index (χ0n) is 18.2. The van der Waals surface area contributed by atoms with E-state index in [-0.39, 0.29) is 12.5 Å². The van der Waals surface area contributed by atoms with Crippen LogP contribution < -0.4 is 10.1 Å². The minimum Gasteiger partial charge on any atom is -0.483 e. The highest BCUT2D eigenvalue weighted by molar-refractivity contribution is 5.94. The third-order valence-electron chi connectivity index (χ3n) is 5.18. The molecule has 0 radical (unpaired) electrons. The van der Waals surface area contributed by atoms with Gasteiger partial charge in [0.15, 0.2) is 12.2 Å². The van der Waals surface area contributed by atoms with E-state index in [0.29, 0.717) is 34.3 Å². The van der Waals surface area contributed by atoms with Gasteiger partial charge in [0.25, 0.3) is 5.91 Å². The number of aromatic nitrogens is 1. The van der Waals surface area contributed by atoms with Gasteiger partial charge in [0.2, 0.25) is 5.89 Å². The number of rotatable bonds is 6. The van der Waals surface area contributed by atoms with E-state index in [0.717, 1.165) is 16.7 Å². The molecule has 0 saturated carbocycles. The predicted octanol–water partition coefficient (Wildman–Crippen LogP) is 6.25. The largest absolute Gasteiger partial charge is 0.483 e. The average molecular weight is 415 g/mol. The van der Waals surface area contributed by atoms with Crippen LogP contribution in [0.5, 0.6) is 5.75 Å². The van der Waals surface area contributed by atoms with Crippen LogP contribution in [-0.2, 0) is 4.79 Å². The number of anilines is 1. The summed E-state index contributed by atoms with van der Waals surface area (Å²) in [6, 6.07) is 19.5. The Hall–Kier alpha value is -3.60. The van der Waals surface area contributed by atoms with E-state index in [1.807, 2.05) is 50.2 Å². The maximum atomic E-state index is 12.3. The van der Waals surface area contributed by atoms with Crippen molar-refractivity contribution < 1.29 is 13.9 Å². The van der Waals surface area contributed by atoms with Crippen molar-refractivity contribution in [3.8, 4) is 17.2 Å². The van der Waals surface area contributed by atoms with Gasteiger partial charge in [-0.1, -0.05) is 43.7 Å². The van der Waals surface area contributed by atoms with Gasteiger partial charge in [0.1, 0.15) is 11.3 Å². The number of ether oxygens (including phenoxy) is 1. The molecule has 3 aromatic carbocycles. The van der Waals surface area contributed by atoms with Crippen LogP contribution in [0.2, 0.25) is 0 Å². The zero-order chi connectivity index (χ0) is 22.0. The Morgan fingerprint density at radius 2 is 1.81 bits per heavy atom. The Morgan fingerprint density at radius 1 is 1.03 bits per heavy atom. The molecule has 1 heterocycles. The minimum atomic E-state index is -0.229. The molecule has 0 unspecified atom stereocenters. The summed E-state index contributed by atoms with van der Waals surface area (Å²) < 4.78 is 11.5. The molecule has 0 aliphatic carbocycles. The van der Waals surface area contributed by atoms with Gasteiger partial charge < -0.3 is 14.5 Å². The van der Waals surface area contributed by atoms with Gasteiger partial charge in [-0.05, 0) is 67.3 Å². The number of carbonyl (C=O) groups is 1. The number of amides is 1. The van der Waals surface area contributed by atoms with Crippen molar-refractivity contribution in [2.75, 3.05) is 11.9 Å². The summed E-state index contributed by atoms with van der Waals surface area (Å²) in [6.45, 7) is 8.26. The van der Waals surface area contributed by atoms with Crippen LogP contribution in [0.25, 0.3) is 22.6 Å². The van der Waals surface area contributed by atoms with Crippen molar-refractivity contribution in [3.63, 3.8) is 0 Å². The number of benzene rings is 3. The van der Waals surface area contributed by atoms with E-state index in [9.17, 15) is 4.79 Å². The summed E-state index contributed by atoms with van der Waals surface area (Å²) in [5.41, 5.74) is 6.37. The second-order valence-corrected chi connectivity index (χ2v) is 8.08. The van der Waals surface area contributed by atoms with Crippen molar-refractivity contribution >= 4 is 22.7 Å². The Morgan fingerprint density at radius 3 is 2.52 bits per heavy atom. The maximum Gasteiger partial charge on any atom is 0.262 e. The molecule has 5 heteroatoms. The first-order chi connectivity index (χ1) is 14.9. The molecular weight excluding hydrogens is 388 g/mol. The summed E-state index contributed by atoms with van der Waals surface area (Å²) in [5.74, 6) is 1.52. The van der Waals surface area contributed by atoms with Crippen molar-refractivity contribution in [3.05, 3.63) is 77.4 Å². The number of nitrogens with zero attached hydrogens (tertiary/aromatic N) is 1. The highest BCUT2D eigenvalue weighted by atomic mass is 16.5. The second-order valence-electron chi connectivity index (χ2n) is 8.08. The number of nitrogens with one attached hydrogen (secondary N) is 1. The number of fused-ring (bicyclic) bond motifs is 1. The maximum absolute atomic E-state index is 12.3. The fourth-order valence-electron chi connectivity index (χ4n) is 3.44. The standard InChI is InChI=1S/C26H26N2O3/c1-16(2)19-6-8-20(9-7-19)26-28-22-14-21(10-12-24(22)31-26)27-25(29)15-30-23-11-5-17(3)13-18(23)4/h5-14,16H,15H2,1-4H3,(H,27,29). The van der Waals surface area contributed by atoms with E-state index in [1.54, 1.807) is 12.1 Å². The van der Waals surface area contributed by atoms with E-state index < -0.39 is 0 Å². The Labute approximate surface area is 182 Å². The molecule has 1 N–H and O–H groups in total. The lowest BCUT2D eigenvalue weighted by Gasteiger charge is -2.10. The lowest BCUT2D eigenvalue weighted by atomic mass is 10.0. The van der Waals surface area contributed by atoms with E-state index in [1.165, 1.54) is 5.56 Å². The van der Waals surface area contributed by atoms with Crippen LogP contribution >= 0.6 is 0 Å². The van der Waals surface area contributed by atoms with Crippen molar-refractivity contribution in [2.45, 2.75) is 33.6 Å². The van der Waals surface area contributed by atoms with E-state index in [2.05, 4.69) is 36.3 Å². The third kappa shape index (κ3) is 4.77. The summed E-state index contributed by atoms with van der Waals surface area (Å²) >= 11 is 0. The fraction of sp³-hybridized carbons (Fsp3) is 0.231. The Bertz CT molecular complexity index is 1220. The lowest BCUT2D eigenvalue weighted by Crippen LogP contribution is -2.20. The molecule has 1 aromatic heterocycles. The monoisotopic (exact) mass is 414 g/mol. The van der Waals surface area contributed by atoms with Gasteiger partial charge in [-0.15, -0.1) is 0 Å². The normalized spacial score (nSPS) is 11.1. The molecule has 5 nitrogen and oxygen atoms in total. The minimum absolute atomic E-state index is 0.0613. The Kier molecular flexibility index (Phi) is 5.76. The van der Waals surface area contributed by atoms with Gasteiger partial charge in [0.05, 0.1) is 0 Å². The number of oxazole rings is 1. The average Bonchev–Trinajstić information content (AvgIpc) is 3.16. The highest BCUT2D eigenvalue weighted by Gasteiger charge is 2.11. The first-order valence-electron chi connectivity index (χ1n) is 10.4. The quantitative estimate of drug-likeness (QED) is 0.405. The molecule has 0 spiro atoms. The summed E-state index contributed by atoms with van der Waals surface area (Å²) in [6.07, 6.45) is 0. The third-order valence-corrected chi connectivity index (χ3v) is 5.18. The molecule has 0 bridgehead atoms. The van der Waals surface area contributed by atoms with Gasteiger partial charge >= 0.3 is 0 Å². The molecule has 4 aromatic rings. The first-order valence-corrected chi connectivity index (χ1v) is 10.4. The zero-order valence-corrected chi connectivity index (χ0v) is 18.2. The van der Waals surface area contributed by atoms with Crippen LogP contribution in [0.4, 0.5) is 5.69 Å². The molecule has 0 aliphatic heterocycles. The number of hydrogen-bond acceptors (Lipinski definition) is 4. The molecular formula is C26H26N2O3. The van der Waals surface area contributed by atoms with Gasteiger partial charge in [-0.2, -0.15) is 0 Å². The molecule has 0 atom stereocenters. The molecule has 1 amide bonds. The molecule has 0 fully saturated rings. The van der Waals surface area contributed by atoms with Crippen LogP contribution in [-0.4, -0.2) is 17.5 Å². The van der Waals surface area contributed by atoms with Crippen LogP contribution in [0, 0.1) is 13.8 Å². The lowest BCUT2D eigenvalue weighted by molar-refractivity contribution is -0.118. The number of hydrogen-bond donors (Lipinski definition) is 1. The summed E-state index contributed by atoms with van der Waals surface area (Å²) in [4.78, 5) is 16.9. The molecule has 0 saturated heterocycles. The smallest absolute Gasteiger partial charge is 0.262 e.